The number of carbonyl (C=O) groups is 2. The molecule has 2 amide bonds. The maximum atomic E-state index is 12.9. The highest BCUT2D eigenvalue weighted by molar-refractivity contribution is 7.86. The monoisotopic (exact) mass is 464 g/mol. The van der Waals surface area contributed by atoms with Crippen molar-refractivity contribution in [2.24, 2.45) is 0 Å². The number of ether oxygens (including phenoxy) is 2. The minimum atomic E-state index is -3.75. The summed E-state index contributed by atoms with van der Waals surface area (Å²) in [6, 6.07) is 10.7. The first-order valence-electron chi connectivity index (χ1n) is 9.95. The van der Waals surface area contributed by atoms with Crippen LogP contribution in [-0.4, -0.2) is 51.3 Å². The molecule has 1 N–H and O–H groups in total. The van der Waals surface area contributed by atoms with Crippen LogP contribution < -0.4 is 14.2 Å². The van der Waals surface area contributed by atoms with Crippen LogP contribution in [-0.2, 0) is 21.4 Å². The van der Waals surface area contributed by atoms with Crippen LogP contribution >= 0.6 is 0 Å². The Balaban J connectivity index is 2.17. The summed E-state index contributed by atoms with van der Waals surface area (Å²) in [5.41, 5.74) is 1.57. The average molecular weight is 465 g/mol. The van der Waals surface area contributed by atoms with Gasteiger partial charge in [-0.1, -0.05) is 6.07 Å². The smallest absolute Gasteiger partial charge is 0.338 e. The summed E-state index contributed by atoms with van der Waals surface area (Å²) < 4.78 is 38.2. The molecule has 0 aromatic heterocycles. The molecule has 0 radical (unpaired) electrons. The molecule has 0 unspecified atom stereocenters. The molecule has 10 heteroatoms. The number of rotatable bonds is 9. The van der Waals surface area contributed by atoms with Crippen molar-refractivity contribution in [1.29, 1.82) is 0 Å². The Morgan fingerprint density at radius 2 is 1.72 bits per heavy atom. The molecule has 32 heavy (non-hydrogen) atoms. The topological polar surface area (TPSA) is 111 Å². The summed E-state index contributed by atoms with van der Waals surface area (Å²) in [7, 11) is -2.34. The Morgan fingerprint density at radius 3 is 2.25 bits per heavy atom. The van der Waals surface area contributed by atoms with Crippen molar-refractivity contribution in [3.8, 4) is 11.5 Å². The van der Waals surface area contributed by atoms with Gasteiger partial charge in [0.1, 0.15) is 0 Å². The van der Waals surface area contributed by atoms with Gasteiger partial charge in [0.05, 0.1) is 25.5 Å². The number of urea groups is 1. The normalized spacial score (nSPS) is 11.1. The van der Waals surface area contributed by atoms with E-state index in [0.717, 1.165) is 6.26 Å². The van der Waals surface area contributed by atoms with Crippen molar-refractivity contribution in [2.45, 2.75) is 33.4 Å². The van der Waals surface area contributed by atoms with E-state index in [1.165, 1.54) is 13.2 Å². The second-order valence-corrected chi connectivity index (χ2v) is 8.80. The molecule has 2 aromatic rings. The van der Waals surface area contributed by atoms with Crippen LogP contribution in [0.4, 0.5) is 10.5 Å². The van der Waals surface area contributed by atoms with E-state index in [1.54, 1.807) is 48.2 Å². The van der Waals surface area contributed by atoms with Crippen LogP contribution in [0.5, 0.6) is 11.5 Å². The van der Waals surface area contributed by atoms with E-state index in [4.69, 9.17) is 13.7 Å². The zero-order chi connectivity index (χ0) is 23.9. The van der Waals surface area contributed by atoms with Crippen LogP contribution in [0.15, 0.2) is 42.5 Å². The van der Waals surface area contributed by atoms with Crippen molar-refractivity contribution < 1.29 is 31.7 Å². The molecule has 0 atom stereocenters. The lowest BCUT2D eigenvalue weighted by Crippen LogP contribution is -2.39. The number of carbonyl (C=O) groups excluding carboxylic acids is 2. The van der Waals surface area contributed by atoms with E-state index in [-0.39, 0.29) is 36.7 Å². The second kappa shape index (κ2) is 10.9. The number of hydrogen-bond acceptors (Lipinski definition) is 7. The number of hydrogen-bond donors (Lipinski definition) is 1. The standard InChI is InChI=1S/C22H28N2O7S/c1-6-30-21(25)17-8-10-18(11-9-17)23-22(26)24(15(2)3)14-16-7-12-19(29-4)20(13-16)31-32(5,27)28/h7-13,15H,6,14H2,1-5H3,(H,23,26). The maximum absolute atomic E-state index is 12.9. The predicted molar refractivity (Wildman–Crippen MR) is 121 cm³/mol. The molecule has 0 spiro atoms. The number of esters is 1. The van der Waals surface area contributed by atoms with E-state index < -0.39 is 16.1 Å². The molecule has 9 nitrogen and oxygen atoms in total. The van der Waals surface area contributed by atoms with Crippen LogP contribution in [0.25, 0.3) is 0 Å². The second-order valence-electron chi connectivity index (χ2n) is 7.22. The highest BCUT2D eigenvalue weighted by Crippen LogP contribution is 2.30. The number of amides is 2. The van der Waals surface area contributed by atoms with E-state index in [9.17, 15) is 18.0 Å². The Kier molecular flexibility index (Phi) is 8.48. The zero-order valence-corrected chi connectivity index (χ0v) is 19.6. The maximum Gasteiger partial charge on any atom is 0.338 e. The highest BCUT2D eigenvalue weighted by Gasteiger charge is 2.20. The SMILES string of the molecule is CCOC(=O)c1ccc(NC(=O)N(Cc2ccc(OC)c(OS(C)(=O)=O)c2)C(C)C)cc1. The minimum Gasteiger partial charge on any atom is -0.493 e. The first-order chi connectivity index (χ1) is 15.0. The fourth-order valence-corrected chi connectivity index (χ4v) is 3.29. The molecule has 0 heterocycles. The van der Waals surface area contributed by atoms with E-state index >= 15 is 0 Å². The van der Waals surface area contributed by atoms with Crippen molar-refractivity contribution in [2.75, 3.05) is 25.3 Å². The number of benzene rings is 2. The van der Waals surface area contributed by atoms with Crippen molar-refractivity contribution in [3.63, 3.8) is 0 Å². The predicted octanol–water partition coefficient (Wildman–Crippen LogP) is 3.65. The fourth-order valence-electron chi connectivity index (χ4n) is 2.83. The van der Waals surface area contributed by atoms with Gasteiger partial charge in [0.15, 0.2) is 11.5 Å². The first kappa shape index (κ1) is 25.0. The lowest BCUT2D eigenvalue weighted by Gasteiger charge is -2.27. The van der Waals surface area contributed by atoms with Gasteiger partial charge in [-0.25, -0.2) is 9.59 Å². The molecule has 0 bridgehead atoms. The van der Waals surface area contributed by atoms with Gasteiger partial charge in [0.25, 0.3) is 0 Å². The summed E-state index contributed by atoms with van der Waals surface area (Å²) in [6.07, 6.45) is 0.945. The van der Waals surface area contributed by atoms with E-state index in [2.05, 4.69) is 5.32 Å². The van der Waals surface area contributed by atoms with Crippen molar-refractivity contribution in [1.82, 2.24) is 4.90 Å². The summed E-state index contributed by atoms with van der Waals surface area (Å²) in [6.45, 7) is 5.94. The molecule has 2 aromatic carbocycles. The van der Waals surface area contributed by atoms with Gasteiger partial charge in [-0.15, -0.1) is 0 Å². The number of nitrogens with zero attached hydrogens (tertiary/aromatic N) is 1. The molecule has 2 rings (SSSR count). The number of methoxy groups -OCH3 is 1. The third kappa shape index (κ3) is 7.16. The van der Waals surface area contributed by atoms with Gasteiger partial charge < -0.3 is 23.9 Å². The molecule has 0 aliphatic rings. The molecule has 174 valence electrons. The molecule has 0 aliphatic carbocycles. The number of anilines is 1. The van der Waals surface area contributed by atoms with Gasteiger partial charge >= 0.3 is 22.1 Å². The summed E-state index contributed by atoms with van der Waals surface area (Å²) >= 11 is 0. The molecular formula is C22H28N2O7S. The Bertz CT molecular complexity index is 1050. The van der Waals surface area contributed by atoms with E-state index in [0.29, 0.717) is 16.8 Å². The lowest BCUT2D eigenvalue weighted by atomic mass is 10.1. The Morgan fingerprint density at radius 1 is 1.06 bits per heavy atom. The van der Waals surface area contributed by atoms with Gasteiger partial charge in [0.2, 0.25) is 0 Å². The zero-order valence-electron chi connectivity index (χ0n) is 18.7. The van der Waals surface area contributed by atoms with Gasteiger partial charge in [-0.3, -0.25) is 0 Å². The Hall–Kier alpha value is -3.27. The van der Waals surface area contributed by atoms with Crippen LogP contribution in [0, 0.1) is 0 Å². The van der Waals surface area contributed by atoms with Crippen molar-refractivity contribution >= 4 is 27.8 Å². The molecular weight excluding hydrogens is 436 g/mol. The largest absolute Gasteiger partial charge is 0.493 e. The Labute approximate surface area is 188 Å². The molecule has 0 aliphatic heterocycles. The third-order valence-corrected chi connectivity index (χ3v) is 4.84. The van der Waals surface area contributed by atoms with E-state index in [1.807, 2.05) is 13.8 Å². The molecule has 0 fully saturated rings. The highest BCUT2D eigenvalue weighted by atomic mass is 32.2. The number of nitrogens with one attached hydrogen (secondary N) is 1. The average Bonchev–Trinajstić information content (AvgIpc) is 2.71. The van der Waals surface area contributed by atoms with Gasteiger partial charge in [0, 0.05) is 18.3 Å². The lowest BCUT2D eigenvalue weighted by molar-refractivity contribution is 0.0526. The van der Waals surface area contributed by atoms with Crippen molar-refractivity contribution in [3.05, 3.63) is 53.6 Å². The molecule has 0 saturated carbocycles. The van der Waals surface area contributed by atoms with Gasteiger partial charge in [-0.05, 0) is 62.7 Å². The van der Waals surface area contributed by atoms with Crippen LogP contribution in [0.3, 0.4) is 0 Å². The van der Waals surface area contributed by atoms with Gasteiger partial charge in [-0.2, -0.15) is 8.42 Å². The van der Waals surface area contributed by atoms with Crippen LogP contribution in [0.2, 0.25) is 0 Å². The minimum absolute atomic E-state index is 0.0474. The third-order valence-electron chi connectivity index (χ3n) is 4.35. The quantitative estimate of drug-likeness (QED) is 0.445. The first-order valence-corrected chi connectivity index (χ1v) is 11.8. The van der Waals surface area contributed by atoms with Crippen LogP contribution in [0.1, 0.15) is 36.7 Å². The summed E-state index contributed by atoms with van der Waals surface area (Å²) in [5, 5.41) is 2.80. The molecule has 0 saturated heterocycles. The summed E-state index contributed by atoms with van der Waals surface area (Å²) in [4.78, 5) is 26.2. The summed E-state index contributed by atoms with van der Waals surface area (Å²) in [5.74, 6) is -0.117. The fraction of sp³-hybridized carbons (Fsp3) is 0.364.